The van der Waals surface area contributed by atoms with Crippen LogP contribution in [0.4, 0.5) is 5.69 Å². The van der Waals surface area contributed by atoms with Gasteiger partial charge in [-0.05, 0) is 50.8 Å². The molecule has 3 N–H and O–H groups in total. The Morgan fingerprint density at radius 1 is 1.15 bits per heavy atom. The van der Waals surface area contributed by atoms with Crippen LogP contribution in [0, 0.1) is 19.8 Å². The molecule has 144 valence electrons. The van der Waals surface area contributed by atoms with Crippen LogP contribution in [0.3, 0.4) is 0 Å². The van der Waals surface area contributed by atoms with Crippen molar-refractivity contribution in [2.45, 2.75) is 37.8 Å². The monoisotopic (exact) mass is 388 g/mol. The van der Waals surface area contributed by atoms with Crippen molar-refractivity contribution in [2.24, 2.45) is 5.92 Å². The molecule has 8 heteroatoms. The largest absolute Gasteiger partial charge is 0.368 e. The van der Waals surface area contributed by atoms with Gasteiger partial charge in [0.25, 0.3) is 5.91 Å². The SMILES string of the molecule is Cc1cc(C(=O)N2CCC(C3Nc4ccccc4S(=O)(=O)N3)CC2)c(C)[nH]1. The first-order valence-electron chi connectivity index (χ1n) is 9.18. The number of hydrogen-bond donors (Lipinski definition) is 3. The maximum atomic E-state index is 12.8. The normalized spacial score (nSPS) is 22.1. The number of amides is 1. The average Bonchev–Trinajstić information content (AvgIpc) is 2.99. The van der Waals surface area contributed by atoms with E-state index in [1.165, 1.54) is 0 Å². The lowest BCUT2D eigenvalue weighted by atomic mass is 9.93. The lowest BCUT2D eigenvalue weighted by molar-refractivity contribution is 0.0678. The van der Waals surface area contributed by atoms with Crippen molar-refractivity contribution in [1.29, 1.82) is 0 Å². The highest BCUT2D eigenvalue weighted by molar-refractivity contribution is 7.89. The third kappa shape index (κ3) is 3.35. The van der Waals surface area contributed by atoms with Crippen LogP contribution < -0.4 is 10.0 Å². The highest BCUT2D eigenvalue weighted by atomic mass is 32.2. The molecule has 1 fully saturated rings. The van der Waals surface area contributed by atoms with E-state index in [0.29, 0.717) is 18.8 Å². The summed E-state index contributed by atoms with van der Waals surface area (Å²) in [5.74, 6) is 0.170. The van der Waals surface area contributed by atoms with Crippen molar-refractivity contribution < 1.29 is 13.2 Å². The summed E-state index contributed by atoms with van der Waals surface area (Å²) in [6.45, 7) is 5.09. The van der Waals surface area contributed by atoms with Crippen LogP contribution in [0.15, 0.2) is 35.2 Å². The number of para-hydroxylation sites is 1. The van der Waals surface area contributed by atoms with Crippen molar-refractivity contribution in [3.05, 3.63) is 47.3 Å². The van der Waals surface area contributed by atoms with E-state index >= 15 is 0 Å². The molecule has 4 rings (SSSR count). The summed E-state index contributed by atoms with van der Waals surface area (Å²) in [6.07, 6.45) is 1.14. The number of anilines is 1. The van der Waals surface area contributed by atoms with Gasteiger partial charge in [-0.25, -0.2) is 8.42 Å². The Balaban J connectivity index is 1.44. The first-order chi connectivity index (χ1) is 12.8. The quantitative estimate of drug-likeness (QED) is 0.735. The number of benzene rings is 1. The molecule has 3 heterocycles. The Kier molecular flexibility index (Phi) is 4.47. The van der Waals surface area contributed by atoms with Gasteiger partial charge >= 0.3 is 0 Å². The number of aromatic amines is 1. The molecule has 0 aliphatic carbocycles. The van der Waals surface area contributed by atoms with E-state index in [1.807, 2.05) is 30.9 Å². The summed E-state index contributed by atoms with van der Waals surface area (Å²) >= 11 is 0. The average molecular weight is 388 g/mol. The molecular weight excluding hydrogens is 364 g/mol. The zero-order chi connectivity index (χ0) is 19.2. The number of carbonyl (C=O) groups excluding carboxylic acids is 1. The van der Waals surface area contributed by atoms with Crippen LogP contribution in [-0.4, -0.2) is 43.5 Å². The van der Waals surface area contributed by atoms with E-state index in [0.717, 1.165) is 29.8 Å². The number of nitrogens with zero attached hydrogens (tertiary/aromatic N) is 1. The first-order valence-corrected chi connectivity index (χ1v) is 10.7. The first kappa shape index (κ1) is 18.1. The molecule has 0 bridgehead atoms. The Morgan fingerprint density at radius 2 is 1.85 bits per heavy atom. The predicted molar refractivity (Wildman–Crippen MR) is 103 cm³/mol. The van der Waals surface area contributed by atoms with Gasteiger partial charge in [0.05, 0.1) is 17.4 Å². The fourth-order valence-corrected chi connectivity index (χ4v) is 5.40. The summed E-state index contributed by atoms with van der Waals surface area (Å²) in [7, 11) is -3.51. The number of rotatable bonds is 2. The van der Waals surface area contributed by atoms with Crippen molar-refractivity contribution in [3.63, 3.8) is 0 Å². The number of likely N-dealkylation sites (tertiary alicyclic amines) is 1. The fraction of sp³-hybridized carbons (Fsp3) is 0.421. The number of nitrogens with one attached hydrogen (secondary N) is 3. The number of carbonyl (C=O) groups is 1. The van der Waals surface area contributed by atoms with Crippen LogP contribution in [0.5, 0.6) is 0 Å². The van der Waals surface area contributed by atoms with Gasteiger partial charge < -0.3 is 15.2 Å². The molecule has 1 aromatic heterocycles. The number of piperidine rings is 1. The zero-order valence-electron chi connectivity index (χ0n) is 15.5. The van der Waals surface area contributed by atoms with E-state index in [1.54, 1.807) is 18.2 Å². The van der Waals surface area contributed by atoms with Crippen molar-refractivity contribution in [2.75, 3.05) is 18.4 Å². The van der Waals surface area contributed by atoms with Gasteiger partial charge in [-0.1, -0.05) is 12.1 Å². The standard InChI is InChI=1S/C19H24N4O3S/c1-12-11-15(13(2)20-12)19(24)23-9-7-14(8-10-23)18-21-16-5-3-4-6-17(16)27(25,26)22-18/h3-6,11,14,18,20-22H,7-10H2,1-2H3. The minimum atomic E-state index is -3.51. The molecule has 1 unspecified atom stereocenters. The van der Waals surface area contributed by atoms with Gasteiger partial charge in [-0.2, -0.15) is 4.72 Å². The lowest BCUT2D eigenvalue weighted by Crippen LogP contribution is -2.52. The Bertz CT molecular complexity index is 975. The molecule has 2 aromatic rings. The summed E-state index contributed by atoms with van der Waals surface area (Å²) < 4.78 is 27.8. The van der Waals surface area contributed by atoms with E-state index in [-0.39, 0.29) is 22.9 Å². The molecule has 1 saturated heterocycles. The number of hydrogen-bond acceptors (Lipinski definition) is 4. The van der Waals surface area contributed by atoms with Crippen LogP contribution in [-0.2, 0) is 10.0 Å². The van der Waals surface area contributed by atoms with Crippen LogP contribution in [0.2, 0.25) is 0 Å². The molecule has 1 amide bonds. The molecule has 1 atom stereocenters. The highest BCUT2D eigenvalue weighted by Crippen LogP contribution is 2.31. The van der Waals surface area contributed by atoms with Gasteiger partial charge in [0, 0.05) is 24.5 Å². The number of aryl methyl sites for hydroxylation is 2. The molecule has 7 nitrogen and oxygen atoms in total. The smallest absolute Gasteiger partial charge is 0.255 e. The molecule has 2 aliphatic rings. The molecule has 0 saturated carbocycles. The topological polar surface area (TPSA) is 94.3 Å². The molecule has 1 aromatic carbocycles. The van der Waals surface area contributed by atoms with Crippen LogP contribution in [0.25, 0.3) is 0 Å². The second-order valence-corrected chi connectivity index (χ2v) is 9.04. The summed E-state index contributed by atoms with van der Waals surface area (Å²) in [5.41, 5.74) is 3.22. The highest BCUT2D eigenvalue weighted by Gasteiger charge is 2.36. The van der Waals surface area contributed by atoms with Gasteiger partial charge in [0.1, 0.15) is 4.90 Å². The number of sulfonamides is 1. The minimum Gasteiger partial charge on any atom is -0.368 e. The molecule has 2 aliphatic heterocycles. The Hall–Kier alpha value is -2.32. The van der Waals surface area contributed by atoms with Crippen LogP contribution >= 0.6 is 0 Å². The minimum absolute atomic E-state index is 0.0397. The number of fused-ring (bicyclic) bond motifs is 1. The van der Waals surface area contributed by atoms with Crippen molar-refractivity contribution in [1.82, 2.24) is 14.6 Å². The third-order valence-electron chi connectivity index (χ3n) is 5.45. The van der Waals surface area contributed by atoms with Gasteiger partial charge in [0.2, 0.25) is 10.0 Å². The van der Waals surface area contributed by atoms with Crippen molar-refractivity contribution in [3.8, 4) is 0 Å². The van der Waals surface area contributed by atoms with Crippen LogP contribution in [0.1, 0.15) is 34.6 Å². The van der Waals surface area contributed by atoms with Gasteiger partial charge in [0.15, 0.2) is 0 Å². The number of H-pyrrole nitrogens is 1. The molecule has 27 heavy (non-hydrogen) atoms. The Morgan fingerprint density at radius 3 is 2.52 bits per heavy atom. The maximum Gasteiger partial charge on any atom is 0.255 e. The second kappa shape index (κ2) is 6.69. The summed E-state index contributed by atoms with van der Waals surface area (Å²) in [4.78, 5) is 18.1. The fourth-order valence-electron chi connectivity index (χ4n) is 4.01. The zero-order valence-corrected chi connectivity index (χ0v) is 16.3. The molecule has 0 radical (unpaired) electrons. The van der Waals surface area contributed by atoms with E-state index in [4.69, 9.17) is 0 Å². The number of aromatic nitrogens is 1. The van der Waals surface area contributed by atoms with E-state index in [9.17, 15) is 13.2 Å². The lowest BCUT2D eigenvalue weighted by Gasteiger charge is -2.38. The molecular formula is C19H24N4O3S. The van der Waals surface area contributed by atoms with Gasteiger partial charge in [-0.15, -0.1) is 0 Å². The maximum absolute atomic E-state index is 12.8. The summed E-state index contributed by atoms with van der Waals surface area (Å²) in [6, 6.07) is 8.82. The predicted octanol–water partition coefficient (Wildman–Crippen LogP) is 2.21. The second-order valence-electron chi connectivity index (χ2n) is 7.36. The third-order valence-corrected chi connectivity index (χ3v) is 6.95. The molecule has 0 spiro atoms. The van der Waals surface area contributed by atoms with E-state index in [2.05, 4.69) is 15.0 Å². The Labute approximate surface area is 159 Å². The van der Waals surface area contributed by atoms with Gasteiger partial charge in [-0.3, -0.25) is 4.79 Å². The van der Waals surface area contributed by atoms with E-state index < -0.39 is 10.0 Å². The van der Waals surface area contributed by atoms with Crippen molar-refractivity contribution >= 4 is 21.6 Å². The summed E-state index contributed by atoms with van der Waals surface area (Å²) in [5, 5.41) is 3.31.